The van der Waals surface area contributed by atoms with E-state index in [1.807, 2.05) is 11.8 Å². The van der Waals surface area contributed by atoms with E-state index in [-0.39, 0.29) is 11.7 Å². The minimum absolute atomic E-state index is 0.135. The summed E-state index contributed by atoms with van der Waals surface area (Å²) in [6.45, 7) is 2.74. The minimum atomic E-state index is -0.341. The number of nitrogens with zero attached hydrogens (tertiary/aromatic N) is 2. The lowest BCUT2D eigenvalue weighted by Gasteiger charge is -2.19. The van der Waals surface area contributed by atoms with Crippen molar-refractivity contribution >= 4 is 5.91 Å². The number of aryl methyl sites for hydroxylation is 1. The van der Waals surface area contributed by atoms with Crippen molar-refractivity contribution in [3.63, 3.8) is 0 Å². The third-order valence-corrected chi connectivity index (χ3v) is 3.89. The Bertz CT molecular complexity index is 664. The van der Waals surface area contributed by atoms with Gasteiger partial charge in [0, 0.05) is 25.4 Å². The number of aromatic nitrogens is 1. The smallest absolute Gasteiger partial charge is 0.223 e. The van der Waals surface area contributed by atoms with Crippen molar-refractivity contribution in [3.8, 4) is 11.3 Å². The first-order valence-corrected chi connectivity index (χ1v) is 7.68. The first kappa shape index (κ1) is 14.8. The molecule has 1 heterocycles. The van der Waals surface area contributed by atoms with Crippen LogP contribution in [0.5, 0.6) is 0 Å². The predicted octanol–water partition coefficient (Wildman–Crippen LogP) is 3.42. The van der Waals surface area contributed by atoms with Gasteiger partial charge >= 0.3 is 0 Å². The monoisotopic (exact) mass is 302 g/mol. The van der Waals surface area contributed by atoms with Crippen LogP contribution in [0.4, 0.5) is 4.39 Å². The van der Waals surface area contributed by atoms with Crippen LogP contribution in [0, 0.1) is 5.82 Å². The molecule has 116 valence electrons. The lowest BCUT2D eigenvalue weighted by atomic mass is 10.2. The van der Waals surface area contributed by atoms with Gasteiger partial charge in [0.2, 0.25) is 5.91 Å². The SMILES string of the molecule is CCN(C(=O)CCc1ncc(-c2ccccc2F)o1)C1CC1. The van der Waals surface area contributed by atoms with Crippen molar-refractivity contribution in [2.75, 3.05) is 6.54 Å². The van der Waals surface area contributed by atoms with Crippen molar-refractivity contribution in [1.82, 2.24) is 9.88 Å². The van der Waals surface area contributed by atoms with Gasteiger partial charge in [-0.05, 0) is 31.9 Å². The summed E-state index contributed by atoms with van der Waals surface area (Å²) in [6, 6.07) is 6.84. The van der Waals surface area contributed by atoms with E-state index in [9.17, 15) is 9.18 Å². The van der Waals surface area contributed by atoms with Gasteiger partial charge in [-0.1, -0.05) is 12.1 Å². The zero-order chi connectivity index (χ0) is 15.5. The molecule has 3 rings (SSSR count). The molecular weight excluding hydrogens is 283 g/mol. The summed E-state index contributed by atoms with van der Waals surface area (Å²) in [6.07, 6.45) is 4.54. The second-order valence-corrected chi connectivity index (χ2v) is 5.51. The molecule has 1 amide bonds. The Hall–Kier alpha value is -2.17. The lowest BCUT2D eigenvalue weighted by molar-refractivity contribution is -0.131. The predicted molar refractivity (Wildman–Crippen MR) is 80.6 cm³/mol. The van der Waals surface area contributed by atoms with Crippen LogP contribution in [0.25, 0.3) is 11.3 Å². The van der Waals surface area contributed by atoms with Crippen LogP contribution in [-0.4, -0.2) is 28.4 Å². The molecule has 0 saturated heterocycles. The Kier molecular flexibility index (Phi) is 4.22. The third-order valence-electron chi connectivity index (χ3n) is 3.89. The molecule has 0 bridgehead atoms. The van der Waals surface area contributed by atoms with Crippen LogP contribution in [0.15, 0.2) is 34.9 Å². The topological polar surface area (TPSA) is 46.3 Å². The van der Waals surface area contributed by atoms with Gasteiger partial charge in [-0.15, -0.1) is 0 Å². The molecule has 22 heavy (non-hydrogen) atoms. The molecule has 1 saturated carbocycles. The van der Waals surface area contributed by atoms with E-state index >= 15 is 0 Å². The number of oxazole rings is 1. The van der Waals surface area contributed by atoms with E-state index in [4.69, 9.17) is 4.42 Å². The lowest BCUT2D eigenvalue weighted by Crippen LogP contribution is -2.32. The average molecular weight is 302 g/mol. The van der Waals surface area contributed by atoms with Crippen LogP contribution in [0.1, 0.15) is 32.1 Å². The third kappa shape index (κ3) is 3.18. The summed E-state index contributed by atoms with van der Waals surface area (Å²) in [5.74, 6) is 0.663. The van der Waals surface area contributed by atoms with E-state index in [1.54, 1.807) is 18.2 Å². The van der Waals surface area contributed by atoms with Crippen molar-refractivity contribution in [2.45, 2.75) is 38.6 Å². The molecule has 0 aliphatic heterocycles. The number of carbonyl (C=O) groups is 1. The number of carbonyl (C=O) groups excluding carboxylic acids is 1. The molecule has 5 heteroatoms. The van der Waals surface area contributed by atoms with Crippen LogP contribution < -0.4 is 0 Å². The Balaban J connectivity index is 1.62. The highest BCUT2D eigenvalue weighted by Crippen LogP contribution is 2.27. The maximum atomic E-state index is 13.7. The maximum absolute atomic E-state index is 13.7. The maximum Gasteiger partial charge on any atom is 0.223 e. The molecule has 0 spiro atoms. The molecule has 4 nitrogen and oxygen atoms in total. The fraction of sp³-hybridized carbons (Fsp3) is 0.412. The minimum Gasteiger partial charge on any atom is -0.441 e. The van der Waals surface area contributed by atoms with E-state index < -0.39 is 0 Å². The molecule has 2 aromatic rings. The molecule has 1 fully saturated rings. The standard InChI is InChI=1S/C17H19FN2O2/c1-2-20(12-7-8-12)17(21)10-9-16-19-11-15(22-16)13-5-3-4-6-14(13)18/h3-6,11-12H,2,7-10H2,1H3. The largest absolute Gasteiger partial charge is 0.441 e. The van der Waals surface area contributed by atoms with Gasteiger partial charge in [0.25, 0.3) is 0 Å². The highest BCUT2D eigenvalue weighted by atomic mass is 19.1. The van der Waals surface area contributed by atoms with Crippen LogP contribution >= 0.6 is 0 Å². The van der Waals surface area contributed by atoms with Crippen LogP contribution in [0.3, 0.4) is 0 Å². The van der Waals surface area contributed by atoms with Gasteiger partial charge in [0.1, 0.15) is 5.82 Å². The Morgan fingerprint density at radius 1 is 1.41 bits per heavy atom. The quantitative estimate of drug-likeness (QED) is 0.821. The normalized spacial score (nSPS) is 14.1. The Morgan fingerprint density at radius 2 is 2.18 bits per heavy atom. The molecule has 0 N–H and O–H groups in total. The molecule has 1 aliphatic rings. The van der Waals surface area contributed by atoms with Gasteiger partial charge in [-0.2, -0.15) is 0 Å². The second kappa shape index (κ2) is 6.30. The molecular formula is C17H19FN2O2. The summed E-state index contributed by atoms with van der Waals surface area (Å²) >= 11 is 0. The first-order chi connectivity index (χ1) is 10.7. The van der Waals surface area contributed by atoms with Crippen LogP contribution in [-0.2, 0) is 11.2 Å². The Labute approximate surface area is 129 Å². The molecule has 0 atom stereocenters. The summed E-state index contributed by atoms with van der Waals surface area (Å²) < 4.78 is 19.3. The van der Waals surface area contributed by atoms with Crippen molar-refractivity contribution in [2.24, 2.45) is 0 Å². The number of halogens is 1. The fourth-order valence-corrected chi connectivity index (χ4v) is 2.59. The second-order valence-electron chi connectivity index (χ2n) is 5.51. The van der Waals surface area contributed by atoms with Gasteiger partial charge in [-0.3, -0.25) is 4.79 Å². The summed E-state index contributed by atoms with van der Waals surface area (Å²) in [7, 11) is 0. The van der Waals surface area contributed by atoms with Crippen molar-refractivity contribution < 1.29 is 13.6 Å². The summed E-state index contributed by atoms with van der Waals surface area (Å²) in [5.41, 5.74) is 0.390. The molecule has 1 aromatic carbocycles. The Morgan fingerprint density at radius 3 is 2.86 bits per heavy atom. The van der Waals surface area contributed by atoms with Crippen molar-refractivity contribution in [1.29, 1.82) is 0 Å². The van der Waals surface area contributed by atoms with Gasteiger partial charge < -0.3 is 9.32 Å². The van der Waals surface area contributed by atoms with E-state index in [1.165, 1.54) is 12.3 Å². The van der Waals surface area contributed by atoms with Crippen LogP contribution in [0.2, 0.25) is 0 Å². The highest BCUT2D eigenvalue weighted by molar-refractivity contribution is 5.77. The molecule has 0 radical (unpaired) electrons. The number of amides is 1. The number of hydrogen-bond donors (Lipinski definition) is 0. The van der Waals surface area contributed by atoms with E-state index in [2.05, 4.69) is 4.98 Å². The number of benzene rings is 1. The molecule has 0 unspecified atom stereocenters. The van der Waals surface area contributed by atoms with Crippen molar-refractivity contribution in [3.05, 3.63) is 42.2 Å². The molecule has 1 aromatic heterocycles. The van der Waals surface area contributed by atoms with E-state index in [0.717, 1.165) is 19.4 Å². The highest BCUT2D eigenvalue weighted by Gasteiger charge is 2.31. The van der Waals surface area contributed by atoms with Gasteiger partial charge in [0.15, 0.2) is 11.7 Å². The van der Waals surface area contributed by atoms with Gasteiger partial charge in [0.05, 0.1) is 11.8 Å². The number of rotatable bonds is 6. The number of hydrogen-bond acceptors (Lipinski definition) is 3. The zero-order valence-electron chi connectivity index (χ0n) is 12.6. The first-order valence-electron chi connectivity index (χ1n) is 7.68. The molecule has 1 aliphatic carbocycles. The fourth-order valence-electron chi connectivity index (χ4n) is 2.59. The average Bonchev–Trinajstić information content (AvgIpc) is 3.24. The van der Waals surface area contributed by atoms with Gasteiger partial charge in [-0.25, -0.2) is 9.37 Å². The van der Waals surface area contributed by atoms with E-state index in [0.29, 0.717) is 36.1 Å². The zero-order valence-corrected chi connectivity index (χ0v) is 12.6. The summed E-state index contributed by atoms with van der Waals surface area (Å²) in [4.78, 5) is 18.2. The summed E-state index contributed by atoms with van der Waals surface area (Å²) in [5, 5.41) is 0.